The standard InChI is InChI=1S/C23H31NO3/c1-23(2,3)24(22(26)27)21(16-18-10-5-4-6-11-18)15-9-14-19-12-7-8-13-20(19)17-25/h4-8,10-13,21,25H,9,14-17H2,1-3H3,(H,26,27). The number of nitrogens with zero attached hydrogens (tertiary/aromatic N) is 1. The first-order valence-corrected chi connectivity index (χ1v) is 9.56. The molecule has 0 bridgehead atoms. The van der Waals surface area contributed by atoms with Gasteiger partial charge in [0.05, 0.1) is 6.61 Å². The first-order chi connectivity index (χ1) is 12.8. The molecule has 4 heteroatoms. The van der Waals surface area contributed by atoms with E-state index in [-0.39, 0.29) is 12.6 Å². The minimum Gasteiger partial charge on any atom is -0.465 e. The van der Waals surface area contributed by atoms with Crippen molar-refractivity contribution in [2.45, 2.75) is 64.6 Å². The number of hydrogen-bond acceptors (Lipinski definition) is 2. The van der Waals surface area contributed by atoms with Gasteiger partial charge in [-0.2, -0.15) is 0 Å². The highest BCUT2D eigenvalue weighted by molar-refractivity contribution is 5.66. The van der Waals surface area contributed by atoms with Gasteiger partial charge in [-0.3, -0.25) is 0 Å². The van der Waals surface area contributed by atoms with E-state index >= 15 is 0 Å². The van der Waals surface area contributed by atoms with Crippen LogP contribution in [0, 0.1) is 0 Å². The largest absolute Gasteiger partial charge is 0.465 e. The highest BCUT2D eigenvalue weighted by Gasteiger charge is 2.32. The molecule has 1 amide bonds. The second kappa shape index (κ2) is 9.56. The zero-order valence-corrected chi connectivity index (χ0v) is 16.6. The predicted molar refractivity (Wildman–Crippen MR) is 109 cm³/mol. The zero-order valence-electron chi connectivity index (χ0n) is 16.6. The van der Waals surface area contributed by atoms with Crippen molar-refractivity contribution < 1.29 is 15.0 Å². The van der Waals surface area contributed by atoms with Crippen LogP contribution in [-0.4, -0.2) is 32.8 Å². The summed E-state index contributed by atoms with van der Waals surface area (Å²) in [7, 11) is 0. The summed E-state index contributed by atoms with van der Waals surface area (Å²) in [5.74, 6) is 0. The second-order valence-electron chi connectivity index (χ2n) is 7.99. The summed E-state index contributed by atoms with van der Waals surface area (Å²) in [5.41, 5.74) is 2.77. The maximum Gasteiger partial charge on any atom is 0.407 e. The molecule has 2 aromatic carbocycles. The molecule has 0 heterocycles. The van der Waals surface area contributed by atoms with Gasteiger partial charge in [-0.25, -0.2) is 4.79 Å². The average Bonchev–Trinajstić information content (AvgIpc) is 2.61. The molecule has 27 heavy (non-hydrogen) atoms. The van der Waals surface area contributed by atoms with Gasteiger partial charge in [-0.05, 0) is 63.1 Å². The average molecular weight is 370 g/mol. The molecule has 0 radical (unpaired) electrons. The lowest BCUT2D eigenvalue weighted by Crippen LogP contribution is -2.52. The third-order valence-electron chi connectivity index (χ3n) is 4.88. The van der Waals surface area contributed by atoms with Gasteiger partial charge in [0.1, 0.15) is 0 Å². The lowest BCUT2D eigenvalue weighted by Gasteiger charge is -2.40. The highest BCUT2D eigenvalue weighted by atomic mass is 16.4. The Labute approximate surface area is 162 Å². The Kier molecular flexibility index (Phi) is 7.43. The molecule has 0 aromatic heterocycles. The van der Waals surface area contributed by atoms with Gasteiger partial charge in [0, 0.05) is 11.6 Å². The lowest BCUT2D eigenvalue weighted by atomic mass is 9.93. The quantitative estimate of drug-likeness (QED) is 0.696. The Bertz CT molecular complexity index is 722. The first kappa shape index (κ1) is 21.0. The SMILES string of the molecule is CC(C)(C)N(C(=O)O)C(CCCc1ccccc1CO)Cc1ccccc1. The van der Waals surface area contributed by atoms with Gasteiger partial charge in [0.25, 0.3) is 0 Å². The van der Waals surface area contributed by atoms with Crippen LogP contribution in [-0.2, 0) is 19.4 Å². The number of amides is 1. The van der Waals surface area contributed by atoms with Crippen LogP contribution < -0.4 is 0 Å². The Morgan fingerprint density at radius 1 is 1.00 bits per heavy atom. The van der Waals surface area contributed by atoms with Crippen molar-refractivity contribution in [2.24, 2.45) is 0 Å². The summed E-state index contributed by atoms with van der Waals surface area (Å²) in [6, 6.07) is 17.9. The van der Waals surface area contributed by atoms with Gasteiger partial charge in [0.15, 0.2) is 0 Å². The van der Waals surface area contributed by atoms with Gasteiger partial charge in [-0.15, -0.1) is 0 Å². The molecule has 0 saturated carbocycles. The minimum absolute atomic E-state index is 0.0346. The fourth-order valence-corrected chi connectivity index (χ4v) is 3.68. The molecule has 146 valence electrons. The Balaban J connectivity index is 2.15. The molecule has 0 aliphatic carbocycles. The van der Waals surface area contributed by atoms with Crippen molar-refractivity contribution in [2.75, 3.05) is 0 Å². The van der Waals surface area contributed by atoms with E-state index in [4.69, 9.17) is 0 Å². The van der Waals surface area contributed by atoms with E-state index < -0.39 is 11.6 Å². The van der Waals surface area contributed by atoms with Crippen molar-refractivity contribution in [1.82, 2.24) is 4.90 Å². The monoisotopic (exact) mass is 369 g/mol. The molecule has 0 fully saturated rings. The van der Waals surface area contributed by atoms with Crippen molar-refractivity contribution in [3.05, 3.63) is 71.3 Å². The van der Waals surface area contributed by atoms with Crippen LogP contribution >= 0.6 is 0 Å². The Morgan fingerprint density at radius 3 is 2.15 bits per heavy atom. The maximum atomic E-state index is 12.0. The number of aliphatic hydroxyl groups is 1. The third kappa shape index (κ3) is 6.10. The molecule has 0 saturated heterocycles. The molecular formula is C23H31NO3. The molecule has 2 N–H and O–H groups in total. The molecule has 0 aliphatic heterocycles. The Hall–Kier alpha value is -2.33. The number of carboxylic acid groups (broad SMARTS) is 1. The number of hydrogen-bond donors (Lipinski definition) is 2. The van der Waals surface area contributed by atoms with Gasteiger partial charge in [-0.1, -0.05) is 54.6 Å². The lowest BCUT2D eigenvalue weighted by molar-refractivity contribution is 0.0664. The smallest absolute Gasteiger partial charge is 0.407 e. The van der Waals surface area contributed by atoms with Crippen LogP contribution in [0.1, 0.15) is 50.3 Å². The summed E-state index contributed by atoms with van der Waals surface area (Å²) in [6.45, 7) is 5.87. The molecule has 1 unspecified atom stereocenters. The van der Waals surface area contributed by atoms with Crippen LogP contribution in [0.25, 0.3) is 0 Å². The molecule has 4 nitrogen and oxygen atoms in total. The summed E-state index contributed by atoms with van der Waals surface area (Å²) >= 11 is 0. The van der Waals surface area contributed by atoms with Crippen LogP contribution in [0.15, 0.2) is 54.6 Å². The van der Waals surface area contributed by atoms with Crippen LogP contribution in [0.2, 0.25) is 0 Å². The molecule has 0 aliphatic rings. The van der Waals surface area contributed by atoms with Crippen molar-refractivity contribution in [3.8, 4) is 0 Å². The van der Waals surface area contributed by atoms with Crippen LogP contribution in [0.5, 0.6) is 0 Å². The predicted octanol–water partition coefficient (Wildman–Crippen LogP) is 4.89. The molecule has 1 atom stereocenters. The van der Waals surface area contributed by atoms with E-state index in [1.807, 2.05) is 63.2 Å². The number of aliphatic hydroxyl groups excluding tert-OH is 1. The van der Waals surface area contributed by atoms with Crippen molar-refractivity contribution in [1.29, 1.82) is 0 Å². The van der Waals surface area contributed by atoms with Gasteiger partial charge in [0.2, 0.25) is 0 Å². The first-order valence-electron chi connectivity index (χ1n) is 9.56. The number of rotatable bonds is 8. The fourth-order valence-electron chi connectivity index (χ4n) is 3.68. The van der Waals surface area contributed by atoms with E-state index in [1.54, 1.807) is 4.90 Å². The maximum absolute atomic E-state index is 12.0. The van der Waals surface area contributed by atoms with Gasteiger partial charge >= 0.3 is 6.09 Å². The Morgan fingerprint density at radius 2 is 1.59 bits per heavy atom. The van der Waals surface area contributed by atoms with Crippen LogP contribution in [0.4, 0.5) is 4.79 Å². The van der Waals surface area contributed by atoms with E-state index in [0.29, 0.717) is 6.42 Å². The summed E-state index contributed by atoms with van der Waals surface area (Å²) < 4.78 is 0. The zero-order chi connectivity index (χ0) is 19.9. The normalized spacial score (nSPS) is 12.6. The van der Waals surface area contributed by atoms with E-state index in [2.05, 4.69) is 12.1 Å². The van der Waals surface area contributed by atoms with Gasteiger partial charge < -0.3 is 15.1 Å². The number of carbonyl (C=O) groups is 1. The highest BCUT2D eigenvalue weighted by Crippen LogP contribution is 2.24. The number of aryl methyl sites for hydroxylation is 1. The molecule has 0 spiro atoms. The fraction of sp³-hybridized carbons (Fsp3) is 0.435. The van der Waals surface area contributed by atoms with E-state index in [9.17, 15) is 15.0 Å². The minimum atomic E-state index is -0.876. The van der Waals surface area contributed by atoms with E-state index in [0.717, 1.165) is 36.0 Å². The summed E-state index contributed by atoms with van der Waals surface area (Å²) in [5, 5.41) is 19.4. The molecular weight excluding hydrogens is 338 g/mol. The third-order valence-corrected chi connectivity index (χ3v) is 4.88. The molecule has 2 aromatic rings. The summed E-state index contributed by atoms with van der Waals surface area (Å²) in [6.07, 6.45) is 2.30. The van der Waals surface area contributed by atoms with Crippen molar-refractivity contribution in [3.63, 3.8) is 0 Å². The summed E-state index contributed by atoms with van der Waals surface area (Å²) in [4.78, 5) is 13.6. The number of benzene rings is 2. The molecule has 2 rings (SSSR count). The van der Waals surface area contributed by atoms with Crippen molar-refractivity contribution >= 4 is 6.09 Å². The van der Waals surface area contributed by atoms with Crippen LogP contribution in [0.3, 0.4) is 0 Å². The van der Waals surface area contributed by atoms with E-state index in [1.165, 1.54) is 0 Å². The second-order valence-corrected chi connectivity index (χ2v) is 7.99. The topological polar surface area (TPSA) is 60.8 Å².